The lowest BCUT2D eigenvalue weighted by Crippen LogP contribution is -2.45. The molecule has 0 radical (unpaired) electrons. The van der Waals surface area contributed by atoms with Gasteiger partial charge in [0.1, 0.15) is 6.04 Å². The number of benzene rings is 2. The van der Waals surface area contributed by atoms with Gasteiger partial charge in [0, 0.05) is 36.9 Å². The summed E-state index contributed by atoms with van der Waals surface area (Å²) in [5.74, 6) is -1.03. The number of amides is 2. The Bertz CT molecular complexity index is 1140. The number of nitrogens with one attached hydrogen (secondary N) is 1. The molecule has 0 saturated carbocycles. The van der Waals surface area contributed by atoms with Crippen LogP contribution < -0.4 is 10.2 Å². The van der Waals surface area contributed by atoms with Gasteiger partial charge in [0.2, 0.25) is 5.91 Å². The smallest absolute Gasteiger partial charge is 0.338 e. The Labute approximate surface area is 226 Å². The first-order valence-corrected chi connectivity index (χ1v) is 12.9. The Morgan fingerprint density at radius 3 is 2.41 bits per heavy atom. The molecule has 2 fully saturated rings. The number of anilines is 2. The van der Waals surface area contributed by atoms with Gasteiger partial charge in [0.05, 0.1) is 37.5 Å². The van der Waals surface area contributed by atoms with Crippen molar-refractivity contribution in [2.75, 3.05) is 56.2 Å². The minimum absolute atomic E-state index is 0.0673. The molecule has 0 aromatic heterocycles. The average molecular weight is 545 g/mol. The molecule has 1 unspecified atom stereocenters. The largest absolute Gasteiger partial charge is 0.462 e. The van der Waals surface area contributed by atoms with E-state index < -0.39 is 12.0 Å². The van der Waals surface area contributed by atoms with Crippen molar-refractivity contribution in [1.82, 2.24) is 9.80 Å². The zero-order valence-corrected chi connectivity index (χ0v) is 22.1. The molecule has 2 heterocycles. The summed E-state index contributed by atoms with van der Waals surface area (Å²) in [4.78, 5) is 44.1. The van der Waals surface area contributed by atoms with E-state index in [2.05, 4.69) is 10.2 Å². The Morgan fingerprint density at radius 1 is 1.08 bits per heavy atom. The maximum atomic E-state index is 13.6. The molecule has 2 aromatic carbocycles. The fraction of sp³-hybridized carbons (Fsp3) is 0.385. The lowest BCUT2D eigenvalue weighted by atomic mass is 10.1. The third-order valence-corrected chi connectivity index (χ3v) is 6.89. The van der Waals surface area contributed by atoms with Gasteiger partial charge in [0.15, 0.2) is 5.11 Å². The van der Waals surface area contributed by atoms with Crippen molar-refractivity contribution in [1.29, 1.82) is 0 Å². The molecule has 2 saturated heterocycles. The Kier molecular flexibility index (Phi) is 9.09. The average Bonchev–Trinajstić information content (AvgIpc) is 3.13. The summed E-state index contributed by atoms with van der Waals surface area (Å²) >= 11 is 11.7. The monoisotopic (exact) mass is 544 g/mol. The van der Waals surface area contributed by atoms with Crippen molar-refractivity contribution < 1.29 is 23.9 Å². The molecular weight excluding hydrogens is 516 g/mol. The maximum Gasteiger partial charge on any atom is 0.338 e. The molecule has 2 aliphatic rings. The van der Waals surface area contributed by atoms with Gasteiger partial charge < -0.3 is 19.7 Å². The molecule has 11 heteroatoms. The topological polar surface area (TPSA) is 91.4 Å². The highest BCUT2D eigenvalue weighted by Gasteiger charge is 2.44. The summed E-state index contributed by atoms with van der Waals surface area (Å²) < 4.78 is 10.5. The quantitative estimate of drug-likeness (QED) is 0.380. The van der Waals surface area contributed by atoms with E-state index in [-0.39, 0.29) is 24.8 Å². The predicted molar refractivity (Wildman–Crippen MR) is 145 cm³/mol. The SMILES string of the molecule is CCOC(=O)c1ccc(N2C(=O)C(CC(=O)Nc3ccc(Cl)cc3)N(CCN3CCOCC3)C2=S)cc1. The summed E-state index contributed by atoms with van der Waals surface area (Å²) in [6.45, 7) is 6.10. The van der Waals surface area contributed by atoms with Crippen LogP contribution in [-0.4, -0.2) is 84.7 Å². The maximum absolute atomic E-state index is 13.6. The van der Waals surface area contributed by atoms with Gasteiger partial charge in [-0.1, -0.05) is 11.6 Å². The standard InChI is InChI=1S/C26H29ClN4O5S/c1-2-36-25(34)18-3-9-21(10-4-18)31-24(33)22(17-23(32)28-20-7-5-19(27)6-8-20)30(26(31)37)12-11-29-13-15-35-16-14-29/h3-10,22H,2,11-17H2,1H3,(H,28,32). The predicted octanol–water partition coefficient (Wildman–Crippen LogP) is 3.18. The lowest BCUT2D eigenvalue weighted by molar-refractivity contribution is -0.124. The summed E-state index contributed by atoms with van der Waals surface area (Å²) in [5, 5.41) is 3.72. The van der Waals surface area contributed by atoms with Crippen LogP contribution in [0.3, 0.4) is 0 Å². The van der Waals surface area contributed by atoms with E-state index in [1.54, 1.807) is 55.5 Å². The van der Waals surface area contributed by atoms with E-state index in [1.807, 2.05) is 4.90 Å². The minimum atomic E-state index is -0.759. The van der Waals surface area contributed by atoms with Crippen molar-refractivity contribution >= 4 is 58.1 Å². The van der Waals surface area contributed by atoms with Crippen LogP contribution in [0.5, 0.6) is 0 Å². The Hall–Kier alpha value is -3.05. The first-order chi connectivity index (χ1) is 17.9. The molecule has 0 aliphatic carbocycles. The molecule has 2 aliphatic heterocycles. The molecular formula is C26H29ClN4O5S. The molecule has 37 heavy (non-hydrogen) atoms. The molecule has 9 nitrogen and oxygen atoms in total. The summed E-state index contributed by atoms with van der Waals surface area (Å²) in [6.07, 6.45) is -0.0673. The van der Waals surface area contributed by atoms with Crippen LogP contribution >= 0.6 is 23.8 Å². The summed E-state index contributed by atoms with van der Waals surface area (Å²) in [7, 11) is 0. The highest BCUT2D eigenvalue weighted by Crippen LogP contribution is 2.28. The van der Waals surface area contributed by atoms with Gasteiger partial charge in [-0.15, -0.1) is 0 Å². The van der Waals surface area contributed by atoms with E-state index >= 15 is 0 Å². The van der Waals surface area contributed by atoms with Gasteiger partial charge in [-0.25, -0.2) is 4.79 Å². The number of morpholine rings is 1. The third kappa shape index (κ3) is 6.64. The minimum Gasteiger partial charge on any atom is -0.462 e. The van der Waals surface area contributed by atoms with Gasteiger partial charge in [0.25, 0.3) is 5.91 Å². The van der Waals surface area contributed by atoms with E-state index in [0.717, 1.165) is 13.1 Å². The van der Waals surface area contributed by atoms with E-state index in [0.29, 0.717) is 53.4 Å². The number of carbonyl (C=O) groups excluding carboxylic acids is 3. The van der Waals surface area contributed by atoms with E-state index in [4.69, 9.17) is 33.3 Å². The number of rotatable bonds is 9. The van der Waals surface area contributed by atoms with Crippen molar-refractivity contribution in [3.63, 3.8) is 0 Å². The molecule has 1 atom stereocenters. The number of halogens is 1. The third-order valence-electron chi connectivity index (χ3n) is 6.22. The second-order valence-corrected chi connectivity index (χ2v) is 9.45. The number of esters is 1. The van der Waals surface area contributed by atoms with Crippen LogP contribution in [0.15, 0.2) is 48.5 Å². The highest BCUT2D eigenvalue weighted by atomic mass is 35.5. The van der Waals surface area contributed by atoms with Crippen molar-refractivity contribution in [2.24, 2.45) is 0 Å². The summed E-state index contributed by atoms with van der Waals surface area (Å²) in [6, 6.07) is 12.5. The van der Waals surface area contributed by atoms with Crippen molar-refractivity contribution in [2.45, 2.75) is 19.4 Å². The Balaban J connectivity index is 1.52. The lowest BCUT2D eigenvalue weighted by Gasteiger charge is -2.30. The second kappa shape index (κ2) is 12.5. The molecule has 0 bridgehead atoms. The molecule has 1 N–H and O–H groups in total. The zero-order chi connectivity index (χ0) is 26.4. The highest BCUT2D eigenvalue weighted by molar-refractivity contribution is 7.80. The Morgan fingerprint density at radius 2 is 1.76 bits per heavy atom. The molecule has 2 amide bonds. The molecule has 4 rings (SSSR count). The molecule has 2 aromatic rings. The van der Waals surface area contributed by atoms with Gasteiger partial charge in [-0.05, 0) is 67.7 Å². The van der Waals surface area contributed by atoms with Crippen LogP contribution in [0.4, 0.5) is 11.4 Å². The van der Waals surface area contributed by atoms with Gasteiger partial charge >= 0.3 is 5.97 Å². The van der Waals surface area contributed by atoms with Crippen LogP contribution in [0.25, 0.3) is 0 Å². The fourth-order valence-electron chi connectivity index (χ4n) is 4.28. The first-order valence-electron chi connectivity index (χ1n) is 12.1. The number of carbonyl (C=O) groups is 3. The van der Waals surface area contributed by atoms with Gasteiger partial charge in [-0.2, -0.15) is 0 Å². The van der Waals surface area contributed by atoms with Crippen molar-refractivity contribution in [3.8, 4) is 0 Å². The van der Waals surface area contributed by atoms with E-state index in [1.165, 1.54) is 4.90 Å². The second-order valence-electron chi connectivity index (χ2n) is 8.65. The van der Waals surface area contributed by atoms with Crippen LogP contribution in [0, 0.1) is 0 Å². The molecule has 196 valence electrons. The fourth-order valence-corrected chi connectivity index (χ4v) is 4.82. The number of ether oxygens (including phenoxy) is 2. The van der Waals surface area contributed by atoms with Crippen LogP contribution in [-0.2, 0) is 19.1 Å². The number of nitrogens with zero attached hydrogens (tertiary/aromatic N) is 3. The number of hydrogen-bond donors (Lipinski definition) is 1. The number of hydrogen-bond acceptors (Lipinski definition) is 7. The van der Waals surface area contributed by atoms with Crippen LogP contribution in [0.2, 0.25) is 5.02 Å². The van der Waals surface area contributed by atoms with E-state index in [9.17, 15) is 14.4 Å². The van der Waals surface area contributed by atoms with Crippen molar-refractivity contribution in [3.05, 3.63) is 59.1 Å². The van der Waals surface area contributed by atoms with Crippen LogP contribution in [0.1, 0.15) is 23.7 Å². The summed E-state index contributed by atoms with van der Waals surface area (Å²) in [5.41, 5.74) is 1.50. The van der Waals surface area contributed by atoms with Gasteiger partial charge in [-0.3, -0.25) is 19.4 Å². The first kappa shape index (κ1) is 27.0. The number of thiocarbonyl (C=S) groups is 1. The molecule has 0 spiro atoms. The zero-order valence-electron chi connectivity index (χ0n) is 20.5. The normalized spacial score (nSPS) is 18.3.